The number of hydrogen-bond acceptors (Lipinski definition) is 2. The van der Waals surface area contributed by atoms with E-state index in [9.17, 15) is 0 Å². The third kappa shape index (κ3) is 2.28. The van der Waals surface area contributed by atoms with Gasteiger partial charge in [0.2, 0.25) is 0 Å². The predicted molar refractivity (Wildman–Crippen MR) is 62.6 cm³/mol. The maximum absolute atomic E-state index is 6.03. The highest BCUT2D eigenvalue weighted by Crippen LogP contribution is 2.32. The molecule has 0 bridgehead atoms. The number of nitrogens with two attached hydrogens (primary N) is 1. The summed E-state index contributed by atoms with van der Waals surface area (Å²) in [5, 5.41) is 0. The number of benzene rings is 1. The smallest absolute Gasteiger partial charge is 0.133 e. The summed E-state index contributed by atoms with van der Waals surface area (Å²) < 4.78 is 6.25. The van der Waals surface area contributed by atoms with Crippen LogP contribution in [0.3, 0.4) is 0 Å². The number of ether oxygens (including phenoxy) is 1. The van der Waals surface area contributed by atoms with Crippen LogP contribution in [0.4, 0.5) is 0 Å². The molecule has 0 saturated heterocycles. The van der Waals surface area contributed by atoms with E-state index in [1.807, 2.05) is 26.8 Å². The number of halogens is 1. The molecule has 0 aromatic heterocycles. The number of hydrogen-bond donors (Lipinski definition) is 1. The van der Waals surface area contributed by atoms with Crippen molar-refractivity contribution >= 4 is 15.9 Å². The summed E-state index contributed by atoms with van der Waals surface area (Å²) in [6.07, 6.45) is 0. The standard InChI is InChI=1S/C11H16BrNO/c1-7-5-8(11(2,3)13)6-9(14-4)10(7)12/h5-6H,13H2,1-4H3. The molecule has 0 fully saturated rings. The zero-order valence-corrected chi connectivity index (χ0v) is 10.6. The average Bonchev–Trinajstić information content (AvgIpc) is 2.07. The molecule has 2 nitrogen and oxygen atoms in total. The molecule has 2 N–H and O–H groups in total. The zero-order valence-electron chi connectivity index (χ0n) is 9.02. The molecule has 14 heavy (non-hydrogen) atoms. The lowest BCUT2D eigenvalue weighted by atomic mass is 9.94. The monoisotopic (exact) mass is 257 g/mol. The molecule has 0 aliphatic rings. The van der Waals surface area contributed by atoms with Crippen molar-refractivity contribution < 1.29 is 4.74 Å². The second-order valence-corrected chi connectivity index (χ2v) is 4.82. The summed E-state index contributed by atoms with van der Waals surface area (Å²) in [4.78, 5) is 0. The Morgan fingerprint density at radius 1 is 1.36 bits per heavy atom. The van der Waals surface area contributed by atoms with Gasteiger partial charge in [0.25, 0.3) is 0 Å². The van der Waals surface area contributed by atoms with Gasteiger partial charge in [-0.2, -0.15) is 0 Å². The largest absolute Gasteiger partial charge is 0.496 e. The van der Waals surface area contributed by atoms with E-state index in [0.29, 0.717) is 0 Å². The summed E-state index contributed by atoms with van der Waals surface area (Å²) >= 11 is 3.48. The molecule has 0 unspecified atom stereocenters. The normalized spacial score (nSPS) is 11.6. The van der Waals surface area contributed by atoms with Gasteiger partial charge in [0.1, 0.15) is 5.75 Å². The van der Waals surface area contributed by atoms with Crippen LogP contribution in [0.1, 0.15) is 25.0 Å². The third-order valence-corrected chi connectivity index (χ3v) is 3.20. The van der Waals surface area contributed by atoms with E-state index in [1.54, 1.807) is 7.11 Å². The van der Waals surface area contributed by atoms with Crippen molar-refractivity contribution in [1.29, 1.82) is 0 Å². The maximum atomic E-state index is 6.03. The van der Waals surface area contributed by atoms with Crippen LogP contribution in [0.2, 0.25) is 0 Å². The fraction of sp³-hybridized carbons (Fsp3) is 0.455. The quantitative estimate of drug-likeness (QED) is 0.885. The highest BCUT2D eigenvalue weighted by atomic mass is 79.9. The Bertz CT molecular complexity index is 342. The Morgan fingerprint density at radius 3 is 2.36 bits per heavy atom. The molecule has 0 radical (unpaired) electrons. The first-order chi connectivity index (χ1) is 6.36. The van der Waals surface area contributed by atoms with Crippen LogP contribution < -0.4 is 10.5 Å². The van der Waals surface area contributed by atoms with Gasteiger partial charge in [0, 0.05) is 5.54 Å². The first kappa shape index (κ1) is 11.5. The minimum Gasteiger partial charge on any atom is -0.496 e. The first-order valence-corrected chi connectivity index (χ1v) is 5.29. The maximum Gasteiger partial charge on any atom is 0.133 e. The van der Waals surface area contributed by atoms with Crippen molar-refractivity contribution in [3.8, 4) is 5.75 Å². The predicted octanol–water partition coefficient (Wildman–Crippen LogP) is 2.96. The van der Waals surface area contributed by atoms with Crippen LogP contribution in [-0.4, -0.2) is 7.11 Å². The lowest BCUT2D eigenvalue weighted by Crippen LogP contribution is -2.28. The molecule has 0 heterocycles. The lowest BCUT2D eigenvalue weighted by molar-refractivity contribution is 0.409. The van der Waals surface area contributed by atoms with Crippen LogP contribution in [0, 0.1) is 6.92 Å². The Balaban J connectivity index is 3.30. The van der Waals surface area contributed by atoms with Crippen molar-refractivity contribution in [3.05, 3.63) is 27.7 Å². The molecule has 0 amide bonds. The minimum absolute atomic E-state index is 0.335. The molecular formula is C11H16BrNO. The molecule has 3 heteroatoms. The number of methoxy groups -OCH3 is 1. The summed E-state index contributed by atoms with van der Waals surface area (Å²) in [6, 6.07) is 4.05. The zero-order chi connectivity index (χ0) is 10.9. The molecular weight excluding hydrogens is 242 g/mol. The van der Waals surface area contributed by atoms with Gasteiger partial charge in [-0.05, 0) is 53.9 Å². The van der Waals surface area contributed by atoms with Crippen molar-refractivity contribution in [2.45, 2.75) is 26.3 Å². The molecule has 0 spiro atoms. The fourth-order valence-electron chi connectivity index (χ4n) is 1.26. The highest BCUT2D eigenvalue weighted by molar-refractivity contribution is 9.10. The number of aryl methyl sites for hydroxylation is 1. The van der Waals surface area contributed by atoms with E-state index in [2.05, 4.69) is 22.0 Å². The van der Waals surface area contributed by atoms with Gasteiger partial charge in [-0.3, -0.25) is 0 Å². The average molecular weight is 258 g/mol. The Labute approximate surface area is 93.6 Å². The van der Waals surface area contributed by atoms with Crippen molar-refractivity contribution in [3.63, 3.8) is 0 Å². The van der Waals surface area contributed by atoms with Gasteiger partial charge in [-0.1, -0.05) is 6.07 Å². The van der Waals surface area contributed by atoms with Crippen molar-refractivity contribution in [2.75, 3.05) is 7.11 Å². The SMILES string of the molecule is COc1cc(C(C)(C)N)cc(C)c1Br. The van der Waals surface area contributed by atoms with E-state index in [1.165, 1.54) is 0 Å². The lowest BCUT2D eigenvalue weighted by Gasteiger charge is -2.21. The van der Waals surface area contributed by atoms with E-state index in [4.69, 9.17) is 10.5 Å². The van der Waals surface area contributed by atoms with Crippen molar-refractivity contribution in [2.24, 2.45) is 5.73 Å². The van der Waals surface area contributed by atoms with Crippen LogP contribution in [0.15, 0.2) is 16.6 Å². The molecule has 0 atom stereocenters. The fourth-order valence-corrected chi connectivity index (χ4v) is 1.65. The summed E-state index contributed by atoms with van der Waals surface area (Å²) in [6.45, 7) is 5.99. The summed E-state index contributed by atoms with van der Waals surface area (Å²) in [7, 11) is 1.66. The second-order valence-electron chi connectivity index (χ2n) is 4.03. The van der Waals surface area contributed by atoms with Crippen LogP contribution in [0.25, 0.3) is 0 Å². The molecule has 1 rings (SSSR count). The van der Waals surface area contributed by atoms with E-state index in [-0.39, 0.29) is 5.54 Å². The topological polar surface area (TPSA) is 35.2 Å². The molecule has 0 aliphatic heterocycles. The highest BCUT2D eigenvalue weighted by Gasteiger charge is 2.17. The summed E-state index contributed by atoms with van der Waals surface area (Å²) in [5.41, 5.74) is 7.91. The van der Waals surface area contributed by atoms with Crippen LogP contribution in [-0.2, 0) is 5.54 Å². The molecule has 1 aromatic rings. The second kappa shape index (κ2) is 3.91. The minimum atomic E-state index is -0.335. The molecule has 1 aromatic carbocycles. The van der Waals surface area contributed by atoms with E-state index < -0.39 is 0 Å². The van der Waals surface area contributed by atoms with Gasteiger partial charge in [-0.25, -0.2) is 0 Å². The summed E-state index contributed by atoms with van der Waals surface area (Å²) in [5.74, 6) is 0.832. The molecule has 78 valence electrons. The van der Waals surface area contributed by atoms with Gasteiger partial charge < -0.3 is 10.5 Å². The van der Waals surface area contributed by atoms with Gasteiger partial charge >= 0.3 is 0 Å². The van der Waals surface area contributed by atoms with Gasteiger partial charge in [-0.15, -0.1) is 0 Å². The van der Waals surface area contributed by atoms with E-state index in [0.717, 1.165) is 21.3 Å². The Hall–Kier alpha value is -0.540. The molecule has 0 saturated carbocycles. The third-order valence-electron chi connectivity index (χ3n) is 2.19. The van der Waals surface area contributed by atoms with Crippen LogP contribution >= 0.6 is 15.9 Å². The number of rotatable bonds is 2. The van der Waals surface area contributed by atoms with Gasteiger partial charge in [0.05, 0.1) is 11.6 Å². The molecule has 0 aliphatic carbocycles. The Morgan fingerprint density at radius 2 is 1.93 bits per heavy atom. The first-order valence-electron chi connectivity index (χ1n) is 4.49. The van der Waals surface area contributed by atoms with E-state index >= 15 is 0 Å². The Kier molecular flexibility index (Phi) is 3.22. The van der Waals surface area contributed by atoms with Crippen molar-refractivity contribution in [1.82, 2.24) is 0 Å². The van der Waals surface area contributed by atoms with Gasteiger partial charge in [0.15, 0.2) is 0 Å². The van der Waals surface area contributed by atoms with Crippen LogP contribution in [0.5, 0.6) is 5.75 Å².